The van der Waals surface area contributed by atoms with Crippen molar-refractivity contribution in [2.75, 3.05) is 40.3 Å². The summed E-state index contributed by atoms with van der Waals surface area (Å²) in [6.07, 6.45) is 3.75. The first-order valence-corrected chi connectivity index (χ1v) is 10.0. The summed E-state index contributed by atoms with van der Waals surface area (Å²) < 4.78 is 26.9. The van der Waals surface area contributed by atoms with Crippen LogP contribution in [0.25, 0.3) is 0 Å². The fourth-order valence-electron chi connectivity index (χ4n) is 2.80. The number of benzene rings is 1. The van der Waals surface area contributed by atoms with Crippen LogP contribution in [0.5, 0.6) is 0 Å². The smallest absolute Gasteiger partial charge is 0.251 e. The second-order valence-electron chi connectivity index (χ2n) is 6.56. The molecular formula is C17H28N3O3S+. The average Bonchev–Trinajstić information content (AvgIpc) is 2.59. The molecule has 0 unspecified atom stereocenters. The molecule has 6 nitrogen and oxygen atoms in total. The SMILES string of the molecule is C[NH+](C)CCCNC(=O)c1cccc(S(=O)(=O)N2CCCCC2)c1. The molecule has 1 aromatic rings. The van der Waals surface area contributed by atoms with Crippen LogP contribution in [0.3, 0.4) is 0 Å². The van der Waals surface area contributed by atoms with Crippen LogP contribution in [0.1, 0.15) is 36.0 Å². The zero-order chi connectivity index (χ0) is 17.6. The Labute approximate surface area is 144 Å². The Morgan fingerprint density at radius 1 is 1.21 bits per heavy atom. The van der Waals surface area contributed by atoms with Crippen LogP contribution in [0.2, 0.25) is 0 Å². The van der Waals surface area contributed by atoms with Gasteiger partial charge in [-0.05, 0) is 31.0 Å². The number of sulfonamides is 1. The van der Waals surface area contributed by atoms with E-state index < -0.39 is 10.0 Å². The summed E-state index contributed by atoms with van der Waals surface area (Å²) in [5.74, 6) is -0.223. The number of piperidine rings is 1. The van der Waals surface area contributed by atoms with E-state index >= 15 is 0 Å². The predicted molar refractivity (Wildman–Crippen MR) is 93.7 cm³/mol. The second-order valence-corrected chi connectivity index (χ2v) is 8.50. The van der Waals surface area contributed by atoms with Crippen LogP contribution in [-0.4, -0.2) is 58.9 Å². The molecule has 0 radical (unpaired) electrons. The van der Waals surface area contributed by atoms with Crippen LogP contribution in [0.4, 0.5) is 0 Å². The van der Waals surface area contributed by atoms with Crippen molar-refractivity contribution in [3.8, 4) is 0 Å². The number of nitrogens with one attached hydrogen (secondary N) is 2. The Morgan fingerprint density at radius 3 is 2.58 bits per heavy atom. The number of carbonyl (C=O) groups is 1. The molecule has 7 heteroatoms. The number of rotatable bonds is 7. The van der Waals surface area contributed by atoms with E-state index in [0.29, 0.717) is 25.2 Å². The number of hydrogen-bond donors (Lipinski definition) is 2. The Bertz CT molecular complexity index is 653. The summed E-state index contributed by atoms with van der Waals surface area (Å²) in [5.41, 5.74) is 0.394. The van der Waals surface area contributed by atoms with Crippen molar-refractivity contribution in [2.24, 2.45) is 0 Å². The van der Waals surface area contributed by atoms with E-state index in [4.69, 9.17) is 0 Å². The minimum atomic E-state index is -3.50. The molecule has 0 spiro atoms. The summed E-state index contributed by atoms with van der Waals surface area (Å²) in [4.78, 5) is 13.8. The standard InChI is InChI=1S/C17H27N3O3S/c1-19(2)11-7-10-18-17(21)15-8-6-9-16(14-15)24(22,23)20-12-4-3-5-13-20/h6,8-9,14H,3-5,7,10-13H2,1-2H3,(H,18,21)/p+1. The van der Waals surface area contributed by atoms with Gasteiger partial charge >= 0.3 is 0 Å². The number of quaternary nitrogens is 1. The molecule has 0 saturated carbocycles. The maximum Gasteiger partial charge on any atom is 0.251 e. The van der Waals surface area contributed by atoms with E-state index in [1.165, 1.54) is 15.3 Å². The molecule has 0 aliphatic carbocycles. The topological polar surface area (TPSA) is 70.9 Å². The van der Waals surface area contributed by atoms with Gasteiger partial charge < -0.3 is 10.2 Å². The van der Waals surface area contributed by atoms with Crippen molar-refractivity contribution in [1.29, 1.82) is 0 Å². The van der Waals surface area contributed by atoms with E-state index in [-0.39, 0.29) is 10.8 Å². The normalized spacial score (nSPS) is 16.3. The van der Waals surface area contributed by atoms with Gasteiger partial charge in [0.2, 0.25) is 10.0 Å². The third-order valence-corrected chi connectivity index (χ3v) is 6.08. The highest BCUT2D eigenvalue weighted by molar-refractivity contribution is 7.89. The molecular weight excluding hydrogens is 326 g/mol. The van der Waals surface area contributed by atoms with Crippen LogP contribution in [-0.2, 0) is 10.0 Å². The predicted octanol–water partition coefficient (Wildman–Crippen LogP) is 0.126. The molecule has 2 N–H and O–H groups in total. The van der Waals surface area contributed by atoms with Crippen molar-refractivity contribution >= 4 is 15.9 Å². The summed E-state index contributed by atoms with van der Waals surface area (Å²) in [7, 11) is 0.628. The van der Waals surface area contributed by atoms with E-state index in [0.717, 1.165) is 32.2 Å². The van der Waals surface area contributed by atoms with Crippen LogP contribution in [0.15, 0.2) is 29.2 Å². The molecule has 1 heterocycles. The maximum atomic E-state index is 12.7. The third kappa shape index (κ3) is 5.03. The molecule has 1 amide bonds. The number of amides is 1. The molecule has 134 valence electrons. The Hall–Kier alpha value is -1.44. The molecule has 0 aromatic heterocycles. The number of carbonyl (C=O) groups excluding carboxylic acids is 1. The minimum Gasteiger partial charge on any atom is -0.352 e. The Balaban J connectivity index is 2.03. The molecule has 1 fully saturated rings. The first kappa shape index (κ1) is 18.9. The summed E-state index contributed by atoms with van der Waals surface area (Å²) in [5, 5.41) is 2.85. The van der Waals surface area contributed by atoms with Gasteiger partial charge in [-0.1, -0.05) is 12.5 Å². The van der Waals surface area contributed by atoms with Gasteiger partial charge in [0.15, 0.2) is 0 Å². The lowest BCUT2D eigenvalue weighted by atomic mass is 10.2. The van der Waals surface area contributed by atoms with Gasteiger partial charge in [0.25, 0.3) is 5.91 Å². The van der Waals surface area contributed by atoms with Gasteiger partial charge in [-0.25, -0.2) is 8.42 Å². The summed E-state index contributed by atoms with van der Waals surface area (Å²) >= 11 is 0. The van der Waals surface area contributed by atoms with Gasteiger partial charge in [-0.3, -0.25) is 4.79 Å². The highest BCUT2D eigenvalue weighted by Gasteiger charge is 2.26. The molecule has 1 aromatic carbocycles. The minimum absolute atomic E-state index is 0.204. The van der Waals surface area contributed by atoms with Crippen molar-refractivity contribution < 1.29 is 18.1 Å². The highest BCUT2D eigenvalue weighted by atomic mass is 32.2. The number of hydrogen-bond acceptors (Lipinski definition) is 3. The zero-order valence-corrected chi connectivity index (χ0v) is 15.4. The van der Waals surface area contributed by atoms with Crippen molar-refractivity contribution in [3.63, 3.8) is 0 Å². The first-order valence-electron chi connectivity index (χ1n) is 8.59. The van der Waals surface area contributed by atoms with E-state index in [9.17, 15) is 13.2 Å². The fraction of sp³-hybridized carbons (Fsp3) is 0.588. The van der Waals surface area contributed by atoms with Crippen molar-refractivity contribution in [3.05, 3.63) is 29.8 Å². The van der Waals surface area contributed by atoms with Gasteiger partial charge in [0.05, 0.1) is 25.5 Å². The largest absolute Gasteiger partial charge is 0.352 e. The summed E-state index contributed by atoms with van der Waals surface area (Å²) in [6.45, 7) is 2.69. The van der Waals surface area contributed by atoms with Gasteiger partial charge in [0.1, 0.15) is 0 Å². The van der Waals surface area contributed by atoms with Gasteiger partial charge in [-0.2, -0.15) is 4.31 Å². The quantitative estimate of drug-likeness (QED) is 0.684. The van der Waals surface area contributed by atoms with E-state index in [1.54, 1.807) is 18.2 Å². The monoisotopic (exact) mass is 354 g/mol. The van der Waals surface area contributed by atoms with E-state index in [2.05, 4.69) is 19.4 Å². The molecule has 24 heavy (non-hydrogen) atoms. The molecule has 0 atom stereocenters. The van der Waals surface area contributed by atoms with Gasteiger partial charge in [-0.15, -0.1) is 0 Å². The lowest BCUT2D eigenvalue weighted by molar-refractivity contribution is -0.858. The highest BCUT2D eigenvalue weighted by Crippen LogP contribution is 2.21. The third-order valence-electron chi connectivity index (χ3n) is 4.19. The van der Waals surface area contributed by atoms with Crippen LogP contribution in [0, 0.1) is 0 Å². The lowest BCUT2D eigenvalue weighted by Gasteiger charge is -2.26. The number of nitrogens with zero attached hydrogens (tertiary/aromatic N) is 1. The first-order chi connectivity index (χ1) is 11.4. The molecule has 1 aliphatic rings. The maximum absolute atomic E-state index is 12.7. The lowest BCUT2D eigenvalue weighted by Crippen LogP contribution is -3.05. The fourth-order valence-corrected chi connectivity index (χ4v) is 4.36. The molecule has 0 bridgehead atoms. The summed E-state index contributed by atoms with van der Waals surface area (Å²) in [6, 6.07) is 6.34. The van der Waals surface area contributed by atoms with Crippen LogP contribution < -0.4 is 10.2 Å². The molecule has 2 rings (SSSR count). The molecule has 1 saturated heterocycles. The zero-order valence-electron chi connectivity index (χ0n) is 14.5. The van der Waals surface area contributed by atoms with Crippen LogP contribution >= 0.6 is 0 Å². The Morgan fingerprint density at radius 2 is 1.92 bits per heavy atom. The van der Waals surface area contributed by atoms with Gasteiger partial charge in [0, 0.05) is 31.6 Å². The van der Waals surface area contributed by atoms with E-state index in [1.807, 2.05) is 0 Å². The van der Waals surface area contributed by atoms with Crippen molar-refractivity contribution in [1.82, 2.24) is 9.62 Å². The van der Waals surface area contributed by atoms with Crippen molar-refractivity contribution in [2.45, 2.75) is 30.6 Å². The average molecular weight is 354 g/mol. The second kappa shape index (κ2) is 8.60. The molecule has 1 aliphatic heterocycles. The Kier molecular flexibility index (Phi) is 6.77.